The van der Waals surface area contributed by atoms with Crippen molar-refractivity contribution in [3.8, 4) is 0 Å². The Kier molecular flexibility index (Phi) is 13.3. The molecule has 1 aliphatic heterocycles. The van der Waals surface area contributed by atoms with Gasteiger partial charge in [0.25, 0.3) is 0 Å². The molecule has 174 valence electrons. The van der Waals surface area contributed by atoms with Gasteiger partial charge in [0.15, 0.2) is 0 Å². The third kappa shape index (κ3) is 9.53. The number of nitrogens with zero attached hydrogens (tertiary/aromatic N) is 1. The molecule has 0 aliphatic carbocycles. The molecule has 1 heterocycles. The van der Waals surface area contributed by atoms with Crippen molar-refractivity contribution in [2.24, 2.45) is 0 Å². The summed E-state index contributed by atoms with van der Waals surface area (Å²) >= 11 is -0.201. The number of benzene rings is 1. The molecule has 1 atom stereocenters. The molecule has 0 aromatic heterocycles. The molecule has 1 fully saturated rings. The molecule has 1 aliphatic rings. The van der Waals surface area contributed by atoms with Gasteiger partial charge in [-0.3, -0.25) is 0 Å². The number of hydrogen-bond acceptors (Lipinski definition) is 2. The van der Waals surface area contributed by atoms with Gasteiger partial charge in [-0.25, -0.2) is 0 Å². The van der Waals surface area contributed by atoms with Crippen LogP contribution >= 0.6 is 11.8 Å². The van der Waals surface area contributed by atoms with Gasteiger partial charge in [-0.1, -0.05) is 0 Å². The molecule has 0 bridgehead atoms. The van der Waals surface area contributed by atoms with E-state index in [4.69, 9.17) is 0 Å². The molecule has 4 heteroatoms. The Balaban J connectivity index is 1.89. The maximum atomic E-state index is 12.5. The average Bonchev–Trinajstić information content (AvgIpc) is 3.14. The molecule has 0 saturated carbocycles. The zero-order chi connectivity index (χ0) is 22.4. The summed E-state index contributed by atoms with van der Waals surface area (Å²) in [6, 6.07) is 10.5. The summed E-state index contributed by atoms with van der Waals surface area (Å²) in [6.45, 7) is 7.93. The third-order valence-corrected chi connectivity index (χ3v) is 23.3. The molecule has 1 aromatic carbocycles. The second-order valence-corrected chi connectivity index (χ2v) is 24.5. The second kappa shape index (κ2) is 15.4. The topological polar surface area (TPSA) is 20.3 Å². The summed E-state index contributed by atoms with van der Waals surface area (Å²) in [5, 5.41) is 0.306. The predicted octanol–water partition coefficient (Wildman–Crippen LogP) is 8.52. The fourth-order valence-corrected chi connectivity index (χ4v) is 21.2. The molecule has 2 rings (SSSR count). The van der Waals surface area contributed by atoms with Gasteiger partial charge in [0.1, 0.15) is 0 Å². The Morgan fingerprint density at radius 1 is 0.968 bits per heavy atom. The number of carbonyl (C=O) groups excluding carboxylic acids is 1. The first-order chi connectivity index (χ1) is 15.1. The van der Waals surface area contributed by atoms with Gasteiger partial charge in [-0.05, 0) is 0 Å². The fraction of sp³-hybridized carbons (Fsp3) is 0.667. The molecular weight excluding hydrogens is 505 g/mol. The predicted molar refractivity (Wildman–Crippen MR) is 140 cm³/mol. The Morgan fingerprint density at radius 2 is 1.58 bits per heavy atom. The van der Waals surface area contributed by atoms with E-state index >= 15 is 0 Å². The Hall–Kier alpha value is -0.421. The number of unbranched alkanes of at least 4 members (excludes halogenated alkanes) is 3. The standard InChI is InChI=1S/C15H18NOS.3C4H9.Sn/c1-2-3-7-12-16-14(17)10-11-15(16)18-13-8-5-4-6-9-13;3*1-3-4-2;/h2-6,8-9,15H,1,7,10-12H2;3*1,3-4H2,2H3;/b3-2+;;;;. The van der Waals surface area contributed by atoms with Crippen molar-refractivity contribution in [1.82, 2.24) is 4.90 Å². The van der Waals surface area contributed by atoms with Crippen LogP contribution in [0, 0.1) is 0 Å². The van der Waals surface area contributed by atoms with Crippen molar-refractivity contribution in [1.29, 1.82) is 0 Å². The monoisotopic (exact) mass is 551 g/mol. The molecule has 0 radical (unpaired) electrons. The summed E-state index contributed by atoms with van der Waals surface area (Å²) in [7, 11) is 0. The molecule has 2 nitrogen and oxygen atoms in total. The minimum absolute atomic E-state index is 0.306. The van der Waals surface area contributed by atoms with Crippen LogP contribution in [0.2, 0.25) is 17.7 Å². The molecular formula is C27H45NOSSn. The zero-order valence-electron chi connectivity index (χ0n) is 20.3. The first kappa shape index (κ1) is 26.8. The summed E-state index contributed by atoms with van der Waals surface area (Å²) in [6.07, 6.45) is 16.0. The van der Waals surface area contributed by atoms with Crippen molar-refractivity contribution in [3.63, 3.8) is 0 Å². The fourth-order valence-electron chi connectivity index (χ4n) is 4.76. The third-order valence-electron chi connectivity index (χ3n) is 6.72. The van der Waals surface area contributed by atoms with Gasteiger partial charge in [-0.15, -0.1) is 0 Å². The molecule has 0 spiro atoms. The van der Waals surface area contributed by atoms with Gasteiger partial charge in [0.05, 0.1) is 0 Å². The molecule has 1 unspecified atom stereocenters. The van der Waals surface area contributed by atoms with Gasteiger partial charge in [0, 0.05) is 0 Å². The maximum absolute atomic E-state index is 12.5. The van der Waals surface area contributed by atoms with E-state index in [1.165, 1.54) is 47.9 Å². The summed E-state index contributed by atoms with van der Waals surface area (Å²) in [4.78, 5) is 15.8. The van der Waals surface area contributed by atoms with E-state index in [2.05, 4.69) is 68.2 Å². The van der Waals surface area contributed by atoms with E-state index in [9.17, 15) is 4.79 Å². The molecule has 0 N–H and O–H groups in total. The summed E-state index contributed by atoms with van der Waals surface area (Å²) in [5.41, 5.74) is 0. The molecule has 1 aromatic rings. The van der Waals surface area contributed by atoms with Crippen LogP contribution < -0.4 is 0 Å². The zero-order valence-corrected chi connectivity index (χ0v) is 24.0. The van der Waals surface area contributed by atoms with Gasteiger partial charge < -0.3 is 0 Å². The average molecular weight is 550 g/mol. The Morgan fingerprint density at radius 3 is 2.16 bits per heavy atom. The quantitative estimate of drug-likeness (QED) is 0.152. The van der Waals surface area contributed by atoms with Crippen LogP contribution in [-0.4, -0.2) is 41.1 Å². The van der Waals surface area contributed by atoms with Crippen molar-refractivity contribution in [3.05, 3.63) is 42.5 Å². The van der Waals surface area contributed by atoms with Crippen LogP contribution in [0.4, 0.5) is 0 Å². The van der Waals surface area contributed by atoms with E-state index in [1.54, 1.807) is 13.3 Å². The van der Waals surface area contributed by atoms with E-state index < -0.39 is 18.4 Å². The normalized spacial score (nSPS) is 17.2. The Labute approximate surface area is 200 Å². The van der Waals surface area contributed by atoms with Crippen LogP contribution in [0.25, 0.3) is 0 Å². The first-order valence-electron chi connectivity index (χ1n) is 12.8. The number of hydrogen-bond donors (Lipinski definition) is 0. The van der Waals surface area contributed by atoms with E-state index in [1.807, 2.05) is 11.8 Å². The Bertz CT molecular complexity index is 626. The number of allylic oxidation sites excluding steroid dienone is 1. The molecule has 31 heavy (non-hydrogen) atoms. The first-order valence-corrected chi connectivity index (χ1v) is 21.8. The van der Waals surface area contributed by atoms with Crippen LogP contribution in [-0.2, 0) is 4.79 Å². The van der Waals surface area contributed by atoms with Gasteiger partial charge >= 0.3 is 201 Å². The minimum atomic E-state index is -2.05. The van der Waals surface area contributed by atoms with Crippen LogP contribution in [0.15, 0.2) is 47.4 Å². The number of amides is 1. The van der Waals surface area contributed by atoms with Crippen molar-refractivity contribution in [2.45, 2.75) is 107 Å². The number of thioether (sulfide) groups is 1. The SMILES string of the molecule is CCC[CH2][Sn]([CH2]/C=C/CCN1C(=O)CCC1Sc1ccccc1)([CH2]CCC)[CH2]CCC. The van der Waals surface area contributed by atoms with E-state index in [0.717, 1.165) is 19.4 Å². The number of rotatable bonds is 16. The van der Waals surface area contributed by atoms with Crippen LogP contribution in [0.5, 0.6) is 0 Å². The molecule has 1 amide bonds. The molecule has 1 saturated heterocycles. The van der Waals surface area contributed by atoms with Crippen molar-refractivity contribution in [2.75, 3.05) is 6.54 Å². The summed E-state index contributed by atoms with van der Waals surface area (Å²) in [5.74, 6) is 0.337. The number of likely N-dealkylation sites (tertiary alicyclic amines) is 1. The van der Waals surface area contributed by atoms with Crippen LogP contribution in [0.1, 0.15) is 78.6 Å². The van der Waals surface area contributed by atoms with E-state index in [0.29, 0.717) is 17.7 Å². The van der Waals surface area contributed by atoms with Gasteiger partial charge in [0.2, 0.25) is 0 Å². The van der Waals surface area contributed by atoms with Crippen molar-refractivity contribution < 1.29 is 4.79 Å². The summed E-state index contributed by atoms with van der Waals surface area (Å²) < 4.78 is 6.16. The second-order valence-electron chi connectivity index (χ2n) is 9.29. The van der Waals surface area contributed by atoms with Crippen molar-refractivity contribution >= 4 is 36.0 Å². The van der Waals surface area contributed by atoms with Gasteiger partial charge in [-0.2, -0.15) is 0 Å². The van der Waals surface area contributed by atoms with E-state index in [-0.39, 0.29) is 0 Å². The number of carbonyl (C=O) groups is 1. The van der Waals surface area contributed by atoms with Crippen LogP contribution in [0.3, 0.4) is 0 Å².